The van der Waals surface area contributed by atoms with Crippen LogP contribution in [-0.4, -0.2) is 26.1 Å². The van der Waals surface area contributed by atoms with E-state index in [4.69, 9.17) is 5.73 Å². The lowest BCUT2D eigenvalue weighted by atomic mass is 10.3. The minimum atomic E-state index is -0.401. The number of imidazole rings is 1. The number of rotatable bonds is 7. The van der Waals surface area contributed by atoms with Crippen molar-refractivity contribution in [1.82, 2.24) is 19.5 Å². The Balaban J connectivity index is 1.63. The molecule has 7 nitrogen and oxygen atoms in total. The number of nitrogens with two attached hydrogens (primary N) is 1. The fourth-order valence-electron chi connectivity index (χ4n) is 2.24. The Morgan fingerprint density at radius 3 is 2.84 bits per heavy atom. The van der Waals surface area contributed by atoms with Crippen LogP contribution in [0.25, 0.3) is 0 Å². The van der Waals surface area contributed by atoms with Gasteiger partial charge in [-0.05, 0) is 24.6 Å². The average Bonchev–Trinajstić information content (AvgIpc) is 3.10. The van der Waals surface area contributed by atoms with Gasteiger partial charge in [-0.3, -0.25) is 0 Å². The van der Waals surface area contributed by atoms with Gasteiger partial charge in [-0.2, -0.15) is 0 Å². The second-order valence-electron chi connectivity index (χ2n) is 5.31. The number of benzene rings is 1. The van der Waals surface area contributed by atoms with Gasteiger partial charge in [0.05, 0.1) is 12.0 Å². The number of aryl methyl sites for hydroxylation is 1. The lowest BCUT2D eigenvalue weighted by molar-refractivity contribution is 0.631. The van der Waals surface area contributed by atoms with Crippen LogP contribution in [-0.2, 0) is 6.54 Å². The number of hydrogen-bond donors (Lipinski definition) is 3. The average molecular weight is 406 g/mol. The second-order valence-corrected chi connectivity index (χ2v) is 6.23. The SMILES string of the molecule is Nc1c(NCCCn2ccnc2)ncnc1Nc1ccc(Br)cc1F. The first-order chi connectivity index (χ1) is 12.1. The molecular weight excluding hydrogens is 389 g/mol. The molecule has 1 aromatic carbocycles. The van der Waals surface area contributed by atoms with E-state index in [-0.39, 0.29) is 0 Å². The van der Waals surface area contributed by atoms with Gasteiger partial charge in [0.1, 0.15) is 17.8 Å². The van der Waals surface area contributed by atoms with Gasteiger partial charge in [-0.15, -0.1) is 0 Å². The molecule has 0 bridgehead atoms. The van der Waals surface area contributed by atoms with Crippen LogP contribution in [0.15, 0.2) is 47.7 Å². The minimum absolute atomic E-state index is 0.291. The van der Waals surface area contributed by atoms with Crippen molar-refractivity contribution in [2.24, 2.45) is 0 Å². The summed E-state index contributed by atoms with van der Waals surface area (Å²) in [6.07, 6.45) is 7.69. The Labute approximate surface area is 152 Å². The molecule has 0 saturated heterocycles. The summed E-state index contributed by atoms with van der Waals surface area (Å²) < 4.78 is 16.6. The van der Waals surface area contributed by atoms with Gasteiger partial charge >= 0.3 is 0 Å². The van der Waals surface area contributed by atoms with Crippen LogP contribution in [0.1, 0.15) is 6.42 Å². The van der Waals surface area contributed by atoms with Crippen LogP contribution in [0.5, 0.6) is 0 Å². The van der Waals surface area contributed by atoms with E-state index in [9.17, 15) is 4.39 Å². The standard InChI is InChI=1S/C16H17BrFN7/c17-11-2-3-13(12(18)8-11)24-16-14(19)15(22-9-23-16)21-4-1-6-25-7-5-20-10-25/h2-3,5,7-10H,1,4,6,19H2,(H2,21,22,23,24). The highest BCUT2D eigenvalue weighted by molar-refractivity contribution is 9.10. The number of halogens is 2. The lowest BCUT2D eigenvalue weighted by Gasteiger charge is -2.13. The summed E-state index contributed by atoms with van der Waals surface area (Å²) >= 11 is 3.22. The number of aromatic nitrogens is 4. The molecule has 0 fully saturated rings. The van der Waals surface area contributed by atoms with Crippen LogP contribution in [0, 0.1) is 5.82 Å². The maximum Gasteiger partial charge on any atom is 0.159 e. The van der Waals surface area contributed by atoms with E-state index in [0.29, 0.717) is 34.0 Å². The number of nitrogen functional groups attached to an aromatic ring is 1. The van der Waals surface area contributed by atoms with Crippen molar-refractivity contribution >= 4 is 38.9 Å². The molecule has 4 N–H and O–H groups in total. The zero-order valence-corrected chi connectivity index (χ0v) is 14.9. The van der Waals surface area contributed by atoms with Gasteiger partial charge in [0.25, 0.3) is 0 Å². The van der Waals surface area contributed by atoms with Crippen molar-refractivity contribution in [2.45, 2.75) is 13.0 Å². The molecule has 0 radical (unpaired) electrons. The van der Waals surface area contributed by atoms with Crippen LogP contribution in [0.4, 0.5) is 27.4 Å². The molecule has 0 saturated carbocycles. The highest BCUT2D eigenvalue weighted by atomic mass is 79.9. The van der Waals surface area contributed by atoms with Gasteiger partial charge in [-0.1, -0.05) is 15.9 Å². The highest BCUT2D eigenvalue weighted by Crippen LogP contribution is 2.28. The Morgan fingerprint density at radius 1 is 1.24 bits per heavy atom. The lowest BCUT2D eigenvalue weighted by Crippen LogP contribution is -2.11. The smallest absolute Gasteiger partial charge is 0.159 e. The molecule has 9 heteroatoms. The quantitative estimate of drug-likeness (QED) is 0.521. The van der Waals surface area contributed by atoms with Gasteiger partial charge in [0, 0.05) is 30.0 Å². The van der Waals surface area contributed by atoms with E-state index >= 15 is 0 Å². The molecule has 0 unspecified atom stereocenters. The predicted molar refractivity (Wildman–Crippen MR) is 99.2 cm³/mol. The van der Waals surface area contributed by atoms with Crippen LogP contribution in [0.2, 0.25) is 0 Å². The van der Waals surface area contributed by atoms with Crippen molar-refractivity contribution in [1.29, 1.82) is 0 Å². The van der Waals surface area contributed by atoms with Gasteiger partial charge in [-0.25, -0.2) is 19.3 Å². The number of nitrogens with one attached hydrogen (secondary N) is 2. The molecule has 25 heavy (non-hydrogen) atoms. The van der Waals surface area contributed by atoms with Gasteiger partial charge in [0.15, 0.2) is 11.6 Å². The van der Waals surface area contributed by atoms with E-state index < -0.39 is 5.82 Å². The Bertz CT molecular complexity index is 839. The van der Waals surface area contributed by atoms with Crippen molar-refractivity contribution in [3.63, 3.8) is 0 Å². The zero-order chi connectivity index (χ0) is 17.6. The summed E-state index contributed by atoms with van der Waals surface area (Å²) in [7, 11) is 0. The maximum absolute atomic E-state index is 14.0. The summed E-state index contributed by atoms with van der Waals surface area (Å²) in [5, 5.41) is 6.07. The summed E-state index contributed by atoms with van der Waals surface area (Å²) in [5.74, 6) is 0.469. The summed E-state index contributed by atoms with van der Waals surface area (Å²) in [6, 6.07) is 4.71. The third kappa shape index (κ3) is 4.44. The third-order valence-corrected chi connectivity index (χ3v) is 4.01. The van der Waals surface area contributed by atoms with E-state index in [1.54, 1.807) is 24.7 Å². The largest absolute Gasteiger partial charge is 0.393 e. The van der Waals surface area contributed by atoms with Crippen LogP contribution in [0.3, 0.4) is 0 Å². The first kappa shape index (κ1) is 17.2. The Hall–Kier alpha value is -2.68. The predicted octanol–water partition coefficient (Wildman–Crippen LogP) is 3.40. The molecule has 3 rings (SSSR count). The molecule has 2 heterocycles. The van der Waals surface area contributed by atoms with E-state index in [0.717, 1.165) is 13.0 Å². The van der Waals surface area contributed by atoms with Crippen LogP contribution < -0.4 is 16.4 Å². The van der Waals surface area contributed by atoms with Crippen LogP contribution >= 0.6 is 15.9 Å². The molecule has 0 amide bonds. The van der Waals surface area contributed by atoms with E-state index in [2.05, 4.69) is 41.5 Å². The van der Waals surface area contributed by atoms with Gasteiger partial charge < -0.3 is 20.9 Å². The Morgan fingerprint density at radius 2 is 2.08 bits per heavy atom. The maximum atomic E-state index is 14.0. The summed E-state index contributed by atoms with van der Waals surface area (Å²) in [5.41, 5.74) is 6.72. The number of anilines is 4. The third-order valence-electron chi connectivity index (χ3n) is 3.51. The molecule has 0 aliphatic rings. The molecule has 130 valence electrons. The van der Waals surface area contributed by atoms with E-state index in [1.165, 1.54) is 12.4 Å². The Kier molecular flexibility index (Phi) is 5.44. The first-order valence-corrected chi connectivity index (χ1v) is 8.45. The molecule has 0 aliphatic carbocycles. The normalized spacial score (nSPS) is 10.6. The van der Waals surface area contributed by atoms with Crippen molar-refractivity contribution in [3.05, 3.63) is 53.5 Å². The zero-order valence-electron chi connectivity index (χ0n) is 13.3. The molecule has 0 atom stereocenters. The van der Waals surface area contributed by atoms with E-state index in [1.807, 2.05) is 10.8 Å². The summed E-state index contributed by atoms with van der Waals surface area (Å²) in [4.78, 5) is 12.2. The minimum Gasteiger partial charge on any atom is -0.393 e. The molecule has 2 aromatic heterocycles. The molecule has 0 aliphatic heterocycles. The number of nitrogens with zero attached hydrogens (tertiary/aromatic N) is 4. The van der Waals surface area contributed by atoms with Gasteiger partial charge in [0.2, 0.25) is 0 Å². The molecule has 3 aromatic rings. The van der Waals surface area contributed by atoms with Crippen molar-refractivity contribution in [3.8, 4) is 0 Å². The summed E-state index contributed by atoms with van der Waals surface area (Å²) in [6.45, 7) is 1.53. The van der Waals surface area contributed by atoms with Crippen molar-refractivity contribution in [2.75, 3.05) is 22.9 Å². The number of hydrogen-bond acceptors (Lipinski definition) is 6. The fraction of sp³-hybridized carbons (Fsp3) is 0.188. The second kappa shape index (κ2) is 7.93. The first-order valence-electron chi connectivity index (χ1n) is 7.65. The highest BCUT2D eigenvalue weighted by Gasteiger charge is 2.10. The molecule has 0 spiro atoms. The monoisotopic (exact) mass is 405 g/mol. The molecular formula is C16H17BrFN7. The fourth-order valence-corrected chi connectivity index (χ4v) is 2.58. The topological polar surface area (TPSA) is 93.7 Å². The van der Waals surface area contributed by atoms with Crippen molar-refractivity contribution < 1.29 is 4.39 Å².